The minimum atomic E-state index is 0.565. The van der Waals surface area contributed by atoms with E-state index in [1.807, 2.05) is 24.3 Å². The van der Waals surface area contributed by atoms with Gasteiger partial charge in [0.05, 0.1) is 48.8 Å². The number of ether oxygens (including phenoxy) is 1. The third-order valence-corrected chi connectivity index (χ3v) is 3.56. The number of hydrazone groups is 1. The fourth-order valence-corrected chi connectivity index (χ4v) is 2.36. The molecule has 25 heavy (non-hydrogen) atoms. The number of rotatable bonds is 5. The van der Waals surface area contributed by atoms with E-state index in [9.17, 15) is 0 Å². The maximum Gasteiger partial charge on any atom is 0.168 e. The van der Waals surface area contributed by atoms with Crippen LogP contribution in [-0.4, -0.2) is 43.0 Å². The van der Waals surface area contributed by atoms with Crippen LogP contribution in [-0.2, 0) is 0 Å². The lowest BCUT2D eigenvalue weighted by atomic mass is 10.3. The van der Waals surface area contributed by atoms with Gasteiger partial charge in [-0.3, -0.25) is 5.43 Å². The van der Waals surface area contributed by atoms with Gasteiger partial charge < -0.3 is 9.72 Å². The van der Waals surface area contributed by atoms with Crippen LogP contribution in [0, 0.1) is 0 Å². The van der Waals surface area contributed by atoms with Crippen molar-refractivity contribution < 1.29 is 4.74 Å². The molecule has 9 nitrogen and oxygen atoms in total. The molecule has 4 aromatic rings. The second-order valence-electron chi connectivity index (χ2n) is 5.09. The van der Waals surface area contributed by atoms with E-state index in [4.69, 9.17) is 4.74 Å². The van der Waals surface area contributed by atoms with E-state index in [2.05, 4.69) is 35.6 Å². The summed E-state index contributed by atoms with van der Waals surface area (Å²) in [6, 6.07) is 7.59. The average Bonchev–Trinajstić information content (AvgIpc) is 3.32. The smallest absolute Gasteiger partial charge is 0.168 e. The molecule has 0 fully saturated rings. The number of hydrogen-bond donors (Lipinski definition) is 2. The number of aromatic nitrogens is 6. The summed E-state index contributed by atoms with van der Waals surface area (Å²) < 4.78 is 6.99. The molecule has 3 heterocycles. The number of benzene rings is 1. The summed E-state index contributed by atoms with van der Waals surface area (Å²) in [5.41, 5.74) is 5.20. The van der Waals surface area contributed by atoms with Crippen LogP contribution < -0.4 is 10.2 Å². The van der Waals surface area contributed by atoms with Crippen molar-refractivity contribution in [2.45, 2.75) is 0 Å². The van der Waals surface area contributed by atoms with Crippen molar-refractivity contribution in [1.29, 1.82) is 0 Å². The summed E-state index contributed by atoms with van der Waals surface area (Å²) in [7, 11) is 1.63. The lowest BCUT2D eigenvalue weighted by molar-refractivity contribution is 0.414. The highest BCUT2D eigenvalue weighted by atomic mass is 16.5. The first-order valence-electron chi connectivity index (χ1n) is 7.46. The van der Waals surface area contributed by atoms with Crippen molar-refractivity contribution in [1.82, 2.24) is 29.7 Å². The Labute approximate surface area is 142 Å². The zero-order valence-electron chi connectivity index (χ0n) is 13.3. The zero-order valence-corrected chi connectivity index (χ0v) is 13.3. The summed E-state index contributed by atoms with van der Waals surface area (Å²) in [5.74, 6) is 1.31. The van der Waals surface area contributed by atoms with Crippen LogP contribution in [0.2, 0.25) is 0 Å². The average molecular weight is 334 g/mol. The Hall–Kier alpha value is -3.75. The standard InChI is InChI=1S/C16H14N8O/c1-25-13-4-2-3-12(5-13)24-16-14(8-22-24)15(19-10-20-16)23-21-7-11-6-17-9-18-11/h2-10H,1H3,(H,17,18)(H,19,20,23)/b21-7+. The molecule has 9 heteroatoms. The van der Waals surface area contributed by atoms with E-state index < -0.39 is 0 Å². The predicted octanol–water partition coefficient (Wildman–Crippen LogP) is 1.99. The number of hydrogen-bond acceptors (Lipinski definition) is 7. The molecule has 0 aliphatic heterocycles. The summed E-state index contributed by atoms with van der Waals surface area (Å²) >= 11 is 0. The van der Waals surface area contributed by atoms with Gasteiger partial charge in [0, 0.05) is 6.07 Å². The van der Waals surface area contributed by atoms with Gasteiger partial charge in [0.1, 0.15) is 12.1 Å². The van der Waals surface area contributed by atoms with E-state index >= 15 is 0 Å². The van der Waals surface area contributed by atoms with Crippen molar-refractivity contribution in [3.05, 3.63) is 55.0 Å². The van der Waals surface area contributed by atoms with Crippen molar-refractivity contribution in [2.75, 3.05) is 12.5 Å². The molecule has 0 atom stereocenters. The molecule has 0 unspecified atom stereocenters. The summed E-state index contributed by atoms with van der Waals surface area (Å²) in [6.07, 6.45) is 8.04. The Bertz CT molecular complexity index is 1020. The molecule has 2 N–H and O–H groups in total. The lowest BCUT2D eigenvalue weighted by Crippen LogP contribution is -2.00. The molecular formula is C16H14N8O. The fourth-order valence-electron chi connectivity index (χ4n) is 2.36. The SMILES string of the molecule is COc1cccc(-n2ncc3c(N/N=C/c4cnc[nH]4)ncnc32)c1. The van der Waals surface area contributed by atoms with Crippen LogP contribution in [0.4, 0.5) is 5.82 Å². The van der Waals surface area contributed by atoms with Crippen molar-refractivity contribution >= 4 is 23.1 Å². The Morgan fingerprint density at radius 2 is 2.24 bits per heavy atom. The minimum Gasteiger partial charge on any atom is -0.497 e. The first-order chi connectivity index (χ1) is 12.3. The number of nitrogens with one attached hydrogen (secondary N) is 2. The van der Waals surface area contributed by atoms with Crippen LogP contribution in [0.1, 0.15) is 5.69 Å². The number of anilines is 1. The highest BCUT2D eigenvalue weighted by Crippen LogP contribution is 2.23. The molecule has 3 aromatic heterocycles. The highest BCUT2D eigenvalue weighted by molar-refractivity contribution is 5.87. The summed E-state index contributed by atoms with van der Waals surface area (Å²) in [6.45, 7) is 0. The molecular weight excluding hydrogens is 320 g/mol. The molecule has 1 aromatic carbocycles. The van der Waals surface area contributed by atoms with Gasteiger partial charge in [0.2, 0.25) is 0 Å². The van der Waals surface area contributed by atoms with Crippen molar-refractivity contribution in [2.24, 2.45) is 5.10 Å². The Balaban J connectivity index is 1.68. The first-order valence-corrected chi connectivity index (χ1v) is 7.46. The van der Waals surface area contributed by atoms with Crippen LogP contribution >= 0.6 is 0 Å². The molecule has 4 rings (SSSR count). The number of imidazole rings is 1. The molecule has 0 bridgehead atoms. The van der Waals surface area contributed by atoms with E-state index in [1.54, 1.807) is 36.7 Å². The third-order valence-electron chi connectivity index (χ3n) is 3.56. The van der Waals surface area contributed by atoms with Gasteiger partial charge in [-0.1, -0.05) is 6.07 Å². The molecule has 0 aliphatic carbocycles. The maximum absolute atomic E-state index is 5.26. The monoisotopic (exact) mass is 334 g/mol. The topological polar surface area (TPSA) is 106 Å². The van der Waals surface area contributed by atoms with Gasteiger partial charge in [-0.25, -0.2) is 19.6 Å². The quantitative estimate of drug-likeness (QED) is 0.427. The van der Waals surface area contributed by atoms with Crippen LogP contribution in [0.25, 0.3) is 16.7 Å². The molecule has 0 radical (unpaired) electrons. The predicted molar refractivity (Wildman–Crippen MR) is 93.0 cm³/mol. The minimum absolute atomic E-state index is 0.565. The lowest BCUT2D eigenvalue weighted by Gasteiger charge is -2.06. The van der Waals surface area contributed by atoms with Gasteiger partial charge >= 0.3 is 0 Å². The van der Waals surface area contributed by atoms with Crippen LogP contribution in [0.3, 0.4) is 0 Å². The number of H-pyrrole nitrogens is 1. The zero-order chi connectivity index (χ0) is 17.1. The normalized spacial score (nSPS) is 11.2. The van der Waals surface area contributed by atoms with E-state index in [-0.39, 0.29) is 0 Å². The fraction of sp³-hybridized carbons (Fsp3) is 0.0625. The number of nitrogens with zero attached hydrogens (tertiary/aromatic N) is 6. The first kappa shape index (κ1) is 14.8. The Morgan fingerprint density at radius 3 is 3.08 bits per heavy atom. The van der Waals surface area contributed by atoms with Gasteiger partial charge in [0.25, 0.3) is 0 Å². The number of aromatic amines is 1. The van der Waals surface area contributed by atoms with Gasteiger partial charge in [-0.15, -0.1) is 0 Å². The molecule has 124 valence electrons. The van der Waals surface area contributed by atoms with Gasteiger partial charge in [-0.05, 0) is 12.1 Å². The van der Waals surface area contributed by atoms with Gasteiger partial charge in [-0.2, -0.15) is 10.2 Å². The molecule has 0 spiro atoms. The molecule has 0 amide bonds. The van der Waals surface area contributed by atoms with Gasteiger partial charge in [0.15, 0.2) is 11.5 Å². The summed E-state index contributed by atoms with van der Waals surface area (Å²) in [4.78, 5) is 15.4. The molecule has 0 saturated heterocycles. The van der Waals surface area contributed by atoms with E-state index in [0.717, 1.165) is 22.5 Å². The Kier molecular flexibility index (Phi) is 3.79. The van der Waals surface area contributed by atoms with E-state index in [0.29, 0.717) is 11.5 Å². The van der Waals surface area contributed by atoms with Crippen LogP contribution in [0.15, 0.2) is 54.4 Å². The van der Waals surface area contributed by atoms with Crippen molar-refractivity contribution in [3.8, 4) is 11.4 Å². The van der Waals surface area contributed by atoms with Crippen molar-refractivity contribution in [3.63, 3.8) is 0 Å². The second-order valence-corrected chi connectivity index (χ2v) is 5.09. The maximum atomic E-state index is 5.26. The second kappa shape index (κ2) is 6.40. The Morgan fingerprint density at radius 1 is 1.28 bits per heavy atom. The molecule has 0 saturated carbocycles. The van der Waals surface area contributed by atoms with Crippen LogP contribution in [0.5, 0.6) is 5.75 Å². The number of methoxy groups -OCH3 is 1. The van der Waals surface area contributed by atoms with E-state index in [1.165, 1.54) is 6.33 Å². The molecule has 0 aliphatic rings. The highest BCUT2D eigenvalue weighted by Gasteiger charge is 2.11. The third kappa shape index (κ3) is 2.90. The largest absolute Gasteiger partial charge is 0.497 e. The number of fused-ring (bicyclic) bond motifs is 1. The summed E-state index contributed by atoms with van der Waals surface area (Å²) in [5, 5.41) is 9.32.